The van der Waals surface area contributed by atoms with E-state index in [2.05, 4.69) is 0 Å². The Labute approximate surface area is 128 Å². The predicted molar refractivity (Wildman–Crippen MR) is 82.8 cm³/mol. The maximum atomic E-state index is 12.2. The van der Waals surface area contributed by atoms with Crippen molar-refractivity contribution < 1.29 is 9.59 Å². The van der Waals surface area contributed by atoms with Crippen molar-refractivity contribution >= 4 is 24.2 Å². The van der Waals surface area contributed by atoms with Crippen LogP contribution < -0.4 is 5.73 Å². The van der Waals surface area contributed by atoms with Gasteiger partial charge in [0.2, 0.25) is 11.8 Å². The monoisotopic (exact) mass is 305 g/mol. The predicted octanol–water partition coefficient (Wildman–Crippen LogP) is 1.40. The van der Waals surface area contributed by atoms with E-state index < -0.39 is 5.54 Å². The van der Waals surface area contributed by atoms with E-state index in [9.17, 15) is 9.59 Å². The molecule has 1 rings (SSSR count). The highest BCUT2D eigenvalue weighted by Gasteiger charge is 2.42. The molecule has 6 heteroatoms. The smallest absolute Gasteiger partial charge is 0.247 e. The first kappa shape index (κ1) is 19.2. The Morgan fingerprint density at radius 2 is 1.80 bits per heavy atom. The van der Waals surface area contributed by atoms with Crippen LogP contribution in [-0.4, -0.2) is 53.8 Å². The summed E-state index contributed by atoms with van der Waals surface area (Å²) in [5.74, 6) is 0.120. The van der Waals surface area contributed by atoms with E-state index in [-0.39, 0.29) is 24.2 Å². The highest BCUT2D eigenvalue weighted by atomic mass is 35.5. The first-order valence-electron chi connectivity index (χ1n) is 7.17. The lowest BCUT2D eigenvalue weighted by Gasteiger charge is -2.44. The number of carbonyl (C=O) groups is 2. The molecular weight excluding hydrogens is 278 g/mol. The summed E-state index contributed by atoms with van der Waals surface area (Å²) in [6.07, 6.45) is 4.55. The van der Waals surface area contributed by atoms with Gasteiger partial charge in [-0.25, -0.2) is 0 Å². The quantitative estimate of drug-likeness (QED) is 0.754. The largest absolute Gasteiger partial charge is 0.342 e. The van der Waals surface area contributed by atoms with E-state index >= 15 is 0 Å². The maximum absolute atomic E-state index is 12.2. The van der Waals surface area contributed by atoms with E-state index in [1.807, 2.05) is 13.8 Å². The molecule has 0 aromatic rings. The first-order valence-corrected chi connectivity index (χ1v) is 7.17. The second-order valence-corrected chi connectivity index (χ2v) is 5.78. The minimum atomic E-state index is -0.707. The van der Waals surface area contributed by atoms with Crippen LogP contribution in [0.25, 0.3) is 0 Å². The number of nitrogens with two attached hydrogens (primary N) is 1. The third-order valence-corrected chi connectivity index (χ3v) is 3.85. The van der Waals surface area contributed by atoms with Gasteiger partial charge >= 0.3 is 0 Å². The fourth-order valence-corrected chi connectivity index (χ4v) is 2.56. The summed E-state index contributed by atoms with van der Waals surface area (Å²) >= 11 is 0. The van der Waals surface area contributed by atoms with Gasteiger partial charge in [0.1, 0.15) is 5.54 Å². The van der Waals surface area contributed by atoms with Crippen molar-refractivity contribution in [3.05, 3.63) is 0 Å². The van der Waals surface area contributed by atoms with Crippen LogP contribution >= 0.6 is 12.4 Å². The highest BCUT2D eigenvalue weighted by molar-refractivity contribution is 5.91. The zero-order chi connectivity index (χ0) is 14.5. The second kappa shape index (κ2) is 8.47. The first-order chi connectivity index (χ1) is 8.91. The van der Waals surface area contributed by atoms with Gasteiger partial charge in [0.05, 0.1) is 0 Å². The van der Waals surface area contributed by atoms with Crippen molar-refractivity contribution in [2.75, 3.05) is 26.7 Å². The molecular formula is C14H28ClN3O2. The molecule has 0 aliphatic carbocycles. The summed E-state index contributed by atoms with van der Waals surface area (Å²) in [6.45, 7) is 5.64. The number of amides is 2. The van der Waals surface area contributed by atoms with Crippen LogP contribution in [0.3, 0.4) is 0 Å². The van der Waals surface area contributed by atoms with Gasteiger partial charge in [0.15, 0.2) is 0 Å². The Kier molecular flexibility index (Phi) is 8.13. The molecule has 2 N–H and O–H groups in total. The SMILES string of the molecule is CN1CCN(C(=O)CCCCCCN)C(C)(C)C1=O.Cl. The molecule has 20 heavy (non-hydrogen) atoms. The van der Waals surface area contributed by atoms with Crippen LogP contribution in [0.5, 0.6) is 0 Å². The maximum Gasteiger partial charge on any atom is 0.247 e. The van der Waals surface area contributed by atoms with Crippen molar-refractivity contribution in [3.63, 3.8) is 0 Å². The number of piperazine rings is 1. The molecule has 1 aliphatic rings. The van der Waals surface area contributed by atoms with Gasteiger partial charge < -0.3 is 15.5 Å². The fraction of sp³-hybridized carbons (Fsp3) is 0.857. The van der Waals surface area contributed by atoms with Gasteiger partial charge in [-0.05, 0) is 33.2 Å². The number of likely N-dealkylation sites (N-methyl/N-ethyl adjacent to an activating group) is 1. The van der Waals surface area contributed by atoms with E-state index in [1.54, 1.807) is 16.8 Å². The van der Waals surface area contributed by atoms with Crippen LogP contribution in [0.2, 0.25) is 0 Å². The molecule has 0 aromatic carbocycles. The zero-order valence-corrected chi connectivity index (χ0v) is 13.7. The van der Waals surface area contributed by atoms with Gasteiger partial charge in [-0.3, -0.25) is 9.59 Å². The lowest BCUT2D eigenvalue weighted by atomic mass is 9.97. The fourth-order valence-electron chi connectivity index (χ4n) is 2.56. The Hall–Kier alpha value is -0.810. The van der Waals surface area contributed by atoms with Gasteiger partial charge in [-0.1, -0.05) is 12.8 Å². The molecule has 0 spiro atoms. The molecule has 5 nitrogen and oxygen atoms in total. The molecule has 0 unspecified atom stereocenters. The molecule has 0 bridgehead atoms. The Morgan fingerprint density at radius 3 is 2.40 bits per heavy atom. The molecule has 1 fully saturated rings. The van der Waals surface area contributed by atoms with E-state index in [0.29, 0.717) is 26.1 Å². The number of hydrogen-bond acceptors (Lipinski definition) is 3. The van der Waals surface area contributed by atoms with E-state index in [1.165, 1.54) is 0 Å². The van der Waals surface area contributed by atoms with Crippen LogP contribution in [0.15, 0.2) is 0 Å². The molecule has 0 radical (unpaired) electrons. The van der Waals surface area contributed by atoms with E-state index in [4.69, 9.17) is 5.73 Å². The Balaban J connectivity index is 0.00000361. The highest BCUT2D eigenvalue weighted by Crippen LogP contribution is 2.23. The Bertz CT molecular complexity index is 334. The summed E-state index contributed by atoms with van der Waals surface area (Å²) in [5, 5.41) is 0. The average molecular weight is 306 g/mol. The van der Waals surface area contributed by atoms with Crippen molar-refractivity contribution in [1.82, 2.24) is 9.80 Å². The van der Waals surface area contributed by atoms with Crippen molar-refractivity contribution in [2.45, 2.75) is 51.5 Å². The number of carbonyl (C=O) groups excluding carboxylic acids is 2. The van der Waals surface area contributed by atoms with Gasteiger partial charge in [-0.2, -0.15) is 0 Å². The number of nitrogens with zero attached hydrogens (tertiary/aromatic N) is 2. The normalized spacial score (nSPS) is 17.9. The van der Waals surface area contributed by atoms with E-state index in [0.717, 1.165) is 25.7 Å². The van der Waals surface area contributed by atoms with Gasteiger partial charge in [0, 0.05) is 26.6 Å². The zero-order valence-electron chi connectivity index (χ0n) is 12.9. The molecule has 118 valence electrons. The topological polar surface area (TPSA) is 66.6 Å². The summed E-state index contributed by atoms with van der Waals surface area (Å²) in [7, 11) is 1.79. The average Bonchev–Trinajstić information content (AvgIpc) is 2.35. The standard InChI is InChI=1S/C14H27N3O2.ClH/c1-14(2)13(19)16(3)10-11-17(14)12(18)8-6-4-5-7-9-15;/h4-11,15H2,1-3H3;1H. The lowest BCUT2D eigenvalue weighted by Crippen LogP contribution is -2.63. The van der Waals surface area contributed by atoms with Crippen LogP contribution in [0.1, 0.15) is 46.0 Å². The molecule has 1 heterocycles. The van der Waals surface area contributed by atoms with Gasteiger partial charge in [-0.15, -0.1) is 12.4 Å². The molecule has 0 atom stereocenters. The van der Waals surface area contributed by atoms with Gasteiger partial charge in [0.25, 0.3) is 0 Å². The molecule has 1 saturated heterocycles. The summed E-state index contributed by atoms with van der Waals surface area (Å²) in [6, 6.07) is 0. The van der Waals surface area contributed by atoms with Crippen LogP contribution in [0.4, 0.5) is 0 Å². The molecule has 1 aliphatic heterocycles. The minimum absolute atomic E-state index is 0. The number of hydrogen-bond donors (Lipinski definition) is 1. The van der Waals surface area contributed by atoms with Crippen molar-refractivity contribution in [3.8, 4) is 0 Å². The summed E-state index contributed by atoms with van der Waals surface area (Å²) in [4.78, 5) is 27.8. The summed E-state index contributed by atoms with van der Waals surface area (Å²) in [5.41, 5.74) is 4.73. The summed E-state index contributed by atoms with van der Waals surface area (Å²) < 4.78 is 0. The third-order valence-electron chi connectivity index (χ3n) is 3.85. The number of rotatable bonds is 6. The molecule has 2 amide bonds. The number of halogens is 1. The third kappa shape index (κ3) is 4.63. The van der Waals surface area contributed by atoms with Crippen molar-refractivity contribution in [2.24, 2.45) is 5.73 Å². The van der Waals surface area contributed by atoms with Crippen molar-refractivity contribution in [1.29, 1.82) is 0 Å². The second-order valence-electron chi connectivity index (χ2n) is 5.78. The Morgan fingerprint density at radius 1 is 1.20 bits per heavy atom. The molecule has 0 saturated carbocycles. The lowest BCUT2D eigenvalue weighted by molar-refractivity contribution is -0.157. The number of unbranched alkanes of at least 4 members (excludes halogenated alkanes) is 3. The van der Waals surface area contributed by atoms with Crippen LogP contribution in [-0.2, 0) is 9.59 Å². The molecule has 0 aromatic heterocycles. The van der Waals surface area contributed by atoms with Crippen LogP contribution in [0, 0.1) is 0 Å². The minimum Gasteiger partial charge on any atom is -0.342 e.